The fraction of sp³-hybridized carbons (Fsp3) is 0.357. The van der Waals surface area contributed by atoms with Gasteiger partial charge in [0.05, 0.1) is 19.8 Å². The monoisotopic (exact) mass is 232 g/mol. The second-order valence-corrected chi connectivity index (χ2v) is 4.03. The largest absolute Gasteiger partial charge is 0.496 e. The minimum atomic E-state index is -0.292. The van der Waals surface area contributed by atoms with Crippen LogP contribution in [0.15, 0.2) is 24.3 Å². The molecule has 0 unspecified atom stereocenters. The summed E-state index contributed by atoms with van der Waals surface area (Å²) >= 11 is 0. The zero-order valence-corrected chi connectivity index (χ0v) is 10.2. The van der Waals surface area contributed by atoms with Crippen molar-refractivity contribution in [2.75, 3.05) is 14.2 Å². The topological polar surface area (TPSA) is 35.5 Å². The lowest BCUT2D eigenvalue weighted by Crippen LogP contribution is -2.03. The number of benzene rings is 1. The van der Waals surface area contributed by atoms with Crippen LogP contribution in [0.3, 0.4) is 0 Å². The maximum atomic E-state index is 11.5. The van der Waals surface area contributed by atoms with Gasteiger partial charge in [0.2, 0.25) is 0 Å². The van der Waals surface area contributed by atoms with E-state index in [1.54, 1.807) is 13.2 Å². The molecule has 0 radical (unpaired) electrons. The average Bonchev–Trinajstić information content (AvgIpc) is 2.58. The molecule has 0 atom stereocenters. The third-order valence-corrected chi connectivity index (χ3v) is 2.99. The number of aryl methyl sites for hydroxylation is 1. The van der Waals surface area contributed by atoms with Gasteiger partial charge < -0.3 is 9.47 Å². The van der Waals surface area contributed by atoms with Crippen LogP contribution in [0.1, 0.15) is 34.3 Å². The van der Waals surface area contributed by atoms with E-state index in [9.17, 15) is 4.79 Å². The van der Waals surface area contributed by atoms with E-state index in [4.69, 9.17) is 9.47 Å². The molecule has 1 aliphatic rings. The first-order valence-corrected chi connectivity index (χ1v) is 5.72. The third kappa shape index (κ3) is 2.33. The molecule has 0 aromatic heterocycles. The summed E-state index contributed by atoms with van der Waals surface area (Å²) in [6.07, 6.45) is 5.14. The highest BCUT2D eigenvalue weighted by Gasteiger charge is 2.14. The van der Waals surface area contributed by atoms with E-state index in [2.05, 4.69) is 6.08 Å². The number of carbonyl (C=O) groups is 1. The number of hydrogen-bond acceptors (Lipinski definition) is 3. The maximum absolute atomic E-state index is 11.5. The zero-order valence-electron chi connectivity index (χ0n) is 10.2. The van der Waals surface area contributed by atoms with Crippen molar-refractivity contribution in [2.45, 2.75) is 19.3 Å². The maximum Gasteiger partial charge on any atom is 0.337 e. The number of carbonyl (C=O) groups excluding carboxylic acids is 1. The Balaban J connectivity index is 2.43. The summed E-state index contributed by atoms with van der Waals surface area (Å²) in [4.78, 5) is 11.5. The minimum absolute atomic E-state index is 0.292. The summed E-state index contributed by atoms with van der Waals surface area (Å²) in [5.41, 5.74) is 2.83. The fourth-order valence-electron chi connectivity index (χ4n) is 2.11. The van der Waals surface area contributed by atoms with E-state index in [0.717, 1.165) is 36.1 Å². The van der Waals surface area contributed by atoms with E-state index in [1.165, 1.54) is 7.11 Å². The standard InChI is InChI=1S/C14H16O3/c1-16-13-6-4-3-5-10-9-11(14(15)17-2)7-8-12(10)13/h6-9H,3-5H2,1-2H3. The Morgan fingerprint density at radius 2 is 2.12 bits per heavy atom. The smallest absolute Gasteiger partial charge is 0.337 e. The van der Waals surface area contributed by atoms with Crippen LogP contribution >= 0.6 is 0 Å². The SMILES string of the molecule is COC(=O)c1ccc2c(c1)CCCC=C2OC. The molecule has 0 fully saturated rings. The van der Waals surface area contributed by atoms with Gasteiger partial charge in [-0.2, -0.15) is 0 Å². The van der Waals surface area contributed by atoms with Crippen LogP contribution in [-0.2, 0) is 15.9 Å². The molecular formula is C14H16O3. The number of hydrogen-bond donors (Lipinski definition) is 0. The molecule has 3 heteroatoms. The first-order chi connectivity index (χ1) is 8.26. The van der Waals surface area contributed by atoms with E-state index in [1.807, 2.05) is 12.1 Å². The average molecular weight is 232 g/mol. The van der Waals surface area contributed by atoms with Crippen molar-refractivity contribution in [1.29, 1.82) is 0 Å². The Morgan fingerprint density at radius 1 is 1.29 bits per heavy atom. The molecule has 0 N–H and O–H groups in total. The van der Waals surface area contributed by atoms with E-state index in [-0.39, 0.29) is 5.97 Å². The molecule has 0 spiro atoms. The molecule has 3 nitrogen and oxygen atoms in total. The number of fused-ring (bicyclic) bond motifs is 1. The molecule has 0 bridgehead atoms. The van der Waals surface area contributed by atoms with Gasteiger partial charge in [-0.25, -0.2) is 4.79 Å². The molecular weight excluding hydrogens is 216 g/mol. The van der Waals surface area contributed by atoms with Crippen LogP contribution in [-0.4, -0.2) is 20.2 Å². The third-order valence-electron chi connectivity index (χ3n) is 2.99. The van der Waals surface area contributed by atoms with Gasteiger partial charge >= 0.3 is 5.97 Å². The molecule has 0 saturated heterocycles. The number of esters is 1. The number of methoxy groups -OCH3 is 2. The van der Waals surface area contributed by atoms with Gasteiger partial charge in [-0.3, -0.25) is 0 Å². The van der Waals surface area contributed by atoms with Crippen molar-refractivity contribution in [2.24, 2.45) is 0 Å². The molecule has 1 aromatic rings. The first kappa shape index (κ1) is 11.7. The van der Waals surface area contributed by atoms with Gasteiger partial charge in [0, 0.05) is 5.56 Å². The van der Waals surface area contributed by atoms with Gasteiger partial charge in [-0.15, -0.1) is 0 Å². The van der Waals surface area contributed by atoms with Crippen molar-refractivity contribution < 1.29 is 14.3 Å². The summed E-state index contributed by atoms with van der Waals surface area (Å²) < 4.78 is 10.1. The Hall–Kier alpha value is -1.77. The van der Waals surface area contributed by atoms with Gasteiger partial charge in [0.25, 0.3) is 0 Å². The van der Waals surface area contributed by atoms with Crippen LogP contribution < -0.4 is 0 Å². The number of rotatable bonds is 2. The van der Waals surface area contributed by atoms with Gasteiger partial charge in [-0.05, 0) is 43.0 Å². The molecule has 17 heavy (non-hydrogen) atoms. The Morgan fingerprint density at radius 3 is 2.82 bits per heavy atom. The van der Waals surface area contributed by atoms with Gasteiger partial charge in [-0.1, -0.05) is 6.07 Å². The highest BCUT2D eigenvalue weighted by Crippen LogP contribution is 2.27. The van der Waals surface area contributed by atoms with Crippen LogP contribution in [0.4, 0.5) is 0 Å². The lowest BCUT2D eigenvalue weighted by Gasteiger charge is -2.10. The molecule has 1 aliphatic carbocycles. The highest BCUT2D eigenvalue weighted by atomic mass is 16.5. The Kier molecular flexibility index (Phi) is 3.47. The van der Waals surface area contributed by atoms with Crippen molar-refractivity contribution >= 4 is 11.7 Å². The van der Waals surface area contributed by atoms with Crippen molar-refractivity contribution in [3.8, 4) is 0 Å². The molecule has 0 aliphatic heterocycles. The van der Waals surface area contributed by atoms with Crippen molar-refractivity contribution in [1.82, 2.24) is 0 Å². The molecule has 0 saturated carbocycles. The lowest BCUT2D eigenvalue weighted by atomic mass is 10.0. The summed E-state index contributed by atoms with van der Waals surface area (Å²) in [6.45, 7) is 0. The molecule has 90 valence electrons. The normalized spacial score (nSPS) is 14.4. The van der Waals surface area contributed by atoms with Crippen LogP contribution in [0.2, 0.25) is 0 Å². The van der Waals surface area contributed by atoms with Crippen LogP contribution in [0.5, 0.6) is 0 Å². The molecule has 0 heterocycles. The van der Waals surface area contributed by atoms with E-state index < -0.39 is 0 Å². The minimum Gasteiger partial charge on any atom is -0.496 e. The second-order valence-electron chi connectivity index (χ2n) is 4.03. The summed E-state index contributed by atoms with van der Waals surface area (Å²) in [5, 5.41) is 0. The van der Waals surface area contributed by atoms with Gasteiger partial charge in [0.1, 0.15) is 5.76 Å². The Labute approximate surface area is 101 Å². The summed E-state index contributed by atoms with van der Waals surface area (Å²) in [6, 6.07) is 5.62. The van der Waals surface area contributed by atoms with Gasteiger partial charge in [0.15, 0.2) is 0 Å². The highest BCUT2D eigenvalue weighted by molar-refractivity contribution is 5.90. The number of ether oxygens (including phenoxy) is 2. The fourth-order valence-corrected chi connectivity index (χ4v) is 2.11. The van der Waals surface area contributed by atoms with E-state index >= 15 is 0 Å². The zero-order chi connectivity index (χ0) is 12.3. The number of allylic oxidation sites excluding steroid dienone is 1. The lowest BCUT2D eigenvalue weighted by molar-refractivity contribution is 0.0600. The van der Waals surface area contributed by atoms with Crippen LogP contribution in [0, 0.1) is 0 Å². The molecule has 0 amide bonds. The molecule has 2 rings (SSSR count). The quantitative estimate of drug-likeness (QED) is 0.735. The van der Waals surface area contributed by atoms with Crippen molar-refractivity contribution in [3.63, 3.8) is 0 Å². The predicted molar refractivity (Wildman–Crippen MR) is 65.7 cm³/mol. The van der Waals surface area contributed by atoms with E-state index in [0.29, 0.717) is 5.56 Å². The van der Waals surface area contributed by atoms with Crippen molar-refractivity contribution in [3.05, 3.63) is 41.0 Å². The first-order valence-electron chi connectivity index (χ1n) is 5.72. The molecule has 1 aromatic carbocycles. The second kappa shape index (κ2) is 5.04. The summed E-state index contributed by atoms with van der Waals surface area (Å²) in [5.74, 6) is 0.605. The summed E-state index contributed by atoms with van der Waals surface area (Å²) in [7, 11) is 3.07. The Bertz CT molecular complexity index is 461. The van der Waals surface area contributed by atoms with Crippen LogP contribution in [0.25, 0.3) is 5.76 Å². The predicted octanol–water partition coefficient (Wildman–Crippen LogP) is 2.80.